The molecule has 1 amide bonds. The summed E-state index contributed by atoms with van der Waals surface area (Å²) in [5.74, 6) is 0.586. The van der Waals surface area contributed by atoms with Gasteiger partial charge in [0.2, 0.25) is 0 Å². The van der Waals surface area contributed by atoms with Crippen LogP contribution >= 0.6 is 23.2 Å². The predicted molar refractivity (Wildman–Crippen MR) is 106 cm³/mol. The lowest BCUT2D eigenvalue weighted by Gasteiger charge is -2.15. The highest BCUT2D eigenvalue weighted by Gasteiger charge is 2.14. The number of carbonyl (C=O) groups excluding carboxylic acids is 1. The Labute approximate surface area is 162 Å². The van der Waals surface area contributed by atoms with Gasteiger partial charge in [0.25, 0.3) is 5.91 Å². The van der Waals surface area contributed by atoms with Crippen LogP contribution in [-0.2, 0) is 6.54 Å². The van der Waals surface area contributed by atoms with Crippen LogP contribution in [0.2, 0.25) is 10.0 Å². The Morgan fingerprint density at radius 3 is 2.81 bits per heavy atom. The van der Waals surface area contributed by atoms with Gasteiger partial charge < -0.3 is 16.0 Å². The van der Waals surface area contributed by atoms with E-state index >= 15 is 0 Å². The molecule has 0 saturated heterocycles. The predicted octanol–water partition coefficient (Wildman–Crippen LogP) is 3.53. The van der Waals surface area contributed by atoms with Gasteiger partial charge in [-0.05, 0) is 48.4 Å². The Hall–Kier alpha value is -2.24. The molecule has 3 N–H and O–H groups in total. The van der Waals surface area contributed by atoms with Gasteiger partial charge in [0.15, 0.2) is 5.96 Å². The van der Waals surface area contributed by atoms with Crippen LogP contribution in [0.25, 0.3) is 0 Å². The van der Waals surface area contributed by atoms with E-state index < -0.39 is 0 Å². The molecule has 0 saturated carbocycles. The molecule has 0 aromatic heterocycles. The fourth-order valence-corrected chi connectivity index (χ4v) is 3.18. The van der Waals surface area contributed by atoms with Gasteiger partial charge in [-0.25, -0.2) is 0 Å². The average Bonchev–Trinajstić information content (AvgIpc) is 3.13. The van der Waals surface area contributed by atoms with Gasteiger partial charge >= 0.3 is 0 Å². The third kappa shape index (κ3) is 4.90. The fourth-order valence-electron chi connectivity index (χ4n) is 2.72. The van der Waals surface area contributed by atoms with Crippen molar-refractivity contribution in [1.29, 1.82) is 0 Å². The van der Waals surface area contributed by atoms with Gasteiger partial charge in [0, 0.05) is 28.7 Å². The molecule has 2 aromatic carbocycles. The smallest absolute Gasteiger partial charge is 0.251 e. The SMILES string of the molecule is CC(NC(=O)c1cc(Cl)cc(CNC2=NCCN2)c1)c1cccc(Cl)c1. The lowest BCUT2D eigenvalue weighted by atomic mass is 10.1. The first kappa shape index (κ1) is 18.5. The molecule has 1 heterocycles. The Morgan fingerprint density at radius 1 is 1.23 bits per heavy atom. The van der Waals surface area contributed by atoms with Crippen LogP contribution in [0.3, 0.4) is 0 Å². The van der Waals surface area contributed by atoms with Crippen molar-refractivity contribution in [1.82, 2.24) is 16.0 Å². The van der Waals surface area contributed by atoms with Gasteiger partial charge in [-0.2, -0.15) is 0 Å². The van der Waals surface area contributed by atoms with Crippen molar-refractivity contribution >= 4 is 35.1 Å². The number of aliphatic imine (C=N–C) groups is 1. The molecule has 2 aromatic rings. The Balaban J connectivity index is 1.68. The molecule has 0 radical (unpaired) electrons. The quantitative estimate of drug-likeness (QED) is 0.731. The minimum Gasteiger partial charge on any atom is -0.355 e. The number of halogens is 2. The van der Waals surface area contributed by atoms with Gasteiger partial charge in [-0.1, -0.05) is 35.3 Å². The highest BCUT2D eigenvalue weighted by atomic mass is 35.5. The fraction of sp³-hybridized carbons (Fsp3) is 0.263. The van der Waals surface area contributed by atoms with E-state index in [2.05, 4.69) is 20.9 Å². The summed E-state index contributed by atoms with van der Waals surface area (Å²) in [5, 5.41) is 10.5. The van der Waals surface area contributed by atoms with Crippen molar-refractivity contribution in [3.05, 3.63) is 69.2 Å². The van der Waals surface area contributed by atoms with Crippen LogP contribution in [0, 0.1) is 0 Å². The molecule has 0 spiro atoms. The third-order valence-corrected chi connectivity index (χ3v) is 4.50. The summed E-state index contributed by atoms with van der Waals surface area (Å²) in [6.07, 6.45) is 0. The van der Waals surface area contributed by atoms with E-state index in [1.54, 1.807) is 12.1 Å². The third-order valence-electron chi connectivity index (χ3n) is 4.05. The zero-order valence-electron chi connectivity index (χ0n) is 14.4. The van der Waals surface area contributed by atoms with Crippen LogP contribution < -0.4 is 16.0 Å². The minimum absolute atomic E-state index is 0.168. The van der Waals surface area contributed by atoms with Gasteiger partial charge in [-0.3, -0.25) is 9.79 Å². The van der Waals surface area contributed by atoms with E-state index in [4.69, 9.17) is 23.2 Å². The van der Waals surface area contributed by atoms with Crippen LogP contribution in [-0.4, -0.2) is 25.0 Å². The monoisotopic (exact) mass is 390 g/mol. The van der Waals surface area contributed by atoms with Crippen molar-refractivity contribution in [2.45, 2.75) is 19.5 Å². The normalized spacial score (nSPS) is 14.3. The Bertz CT molecular complexity index is 838. The summed E-state index contributed by atoms with van der Waals surface area (Å²) in [4.78, 5) is 16.9. The second kappa shape index (κ2) is 8.43. The zero-order chi connectivity index (χ0) is 18.5. The van der Waals surface area contributed by atoms with Crippen molar-refractivity contribution in [2.24, 2.45) is 4.99 Å². The van der Waals surface area contributed by atoms with E-state index in [-0.39, 0.29) is 11.9 Å². The van der Waals surface area contributed by atoms with Crippen molar-refractivity contribution in [3.8, 4) is 0 Å². The molecule has 1 unspecified atom stereocenters. The molecule has 1 atom stereocenters. The number of hydrogen-bond acceptors (Lipinski definition) is 4. The van der Waals surface area contributed by atoms with Gasteiger partial charge in [0.1, 0.15) is 0 Å². The summed E-state index contributed by atoms with van der Waals surface area (Å²) >= 11 is 12.2. The molecule has 0 fully saturated rings. The van der Waals surface area contributed by atoms with Gasteiger partial charge in [-0.15, -0.1) is 0 Å². The van der Waals surface area contributed by atoms with E-state index in [1.165, 1.54) is 0 Å². The number of amides is 1. The first-order chi connectivity index (χ1) is 12.5. The van der Waals surface area contributed by atoms with E-state index in [0.29, 0.717) is 22.2 Å². The van der Waals surface area contributed by atoms with Crippen molar-refractivity contribution < 1.29 is 4.79 Å². The second-order valence-corrected chi connectivity index (χ2v) is 6.98. The van der Waals surface area contributed by atoms with E-state index in [0.717, 1.165) is 30.2 Å². The highest BCUT2D eigenvalue weighted by Crippen LogP contribution is 2.19. The topological polar surface area (TPSA) is 65.5 Å². The Morgan fingerprint density at radius 2 is 2.08 bits per heavy atom. The number of rotatable bonds is 5. The lowest BCUT2D eigenvalue weighted by Crippen LogP contribution is -2.33. The molecule has 1 aliphatic heterocycles. The molecule has 5 nitrogen and oxygen atoms in total. The summed E-state index contributed by atoms with van der Waals surface area (Å²) in [5.41, 5.74) is 2.37. The minimum atomic E-state index is -0.183. The Kier molecular flexibility index (Phi) is 6.01. The number of nitrogens with one attached hydrogen (secondary N) is 3. The maximum atomic E-state index is 12.6. The number of nitrogens with zero attached hydrogens (tertiary/aromatic N) is 1. The molecule has 7 heteroatoms. The largest absolute Gasteiger partial charge is 0.355 e. The molecular weight excluding hydrogens is 371 g/mol. The molecule has 0 bridgehead atoms. The van der Waals surface area contributed by atoms with Crippen molar-refractivity contribution in [3.63, 3.8) is 0 Å². The highest BCUT2D eigenvalue weighted by molar-refractivity contribution is 6.31. The number of carbonyl (C=O) groups is 1. The van der Waals surface area contributed by atoms with Crippen LogP contribution in [0.15, 0.2) is 47.5 Å². The van der Waals surface area contributed by atoms with E-state index in [1.807, 2.05) is 37.3 Å². The van der Waals surface area contributed by atoms with Crippen molar-refractivity contribution in [2.75, 3.05) is 13.1 Å². The number of hydrogen-bond donors (Lipinski definition) is 3. The number of guanidine groups is 1. The average molecular weight is 391 g/mol. The molecule has 3 rings (SSSR count). The first-order valence-electron chi connectivity index (χ1n) is 8.39. The molecule has 0 aliphatic carbocycles. The molecule has 136 valence electrons. The summed E-state index contributed by atoms with van der Waals surface area (Å²) in [7, 11) is 0. The molecule has 1 aliphatic rings. The zero-order valence-corrected chi connectivity index (χ0v) is 15.9. The first-order valence-corrected chi connectivity index (χ1v) is 9.15. The summed E-state index contributed by atoms with van der Waals surface area (Å²) in [6, 6.07) is 12.6. The summed E-state index contributed by atoms with van der Waals surface area (Å²) < 4.78 is 0. The summed E-state index contributed by atoms with van der Waals surface area (Å²) in [6.45, 7) is 4.07. The van der Waals surface area contributed by atoms with Gasteiger partial charge in [0.05, 0.1) is 12.6 Å². The van der Waals surface area contributed by atoms with Crippen LogP contribution in [0.5, 0.6) is 0 Å². The van der Waals surface area contributed by atoms with Crippen LogP contribution in [0.4, 0.5) is 0 Å². The number of benzene rings is 2. The maximum Gasteiger partial charge on any atom is 0.251 e. The molecule has 26 heavy (non-hydrogen) atoms. The standard InChI is InChI=1S/C19H20Cl2N4O/c1-12(14-3-2-4-16(20)9-14)25-18(26)15-7-13(8-17(21)10-15)11-24-19-22-5-6-23-19/h2-4,7-10,12H,5-6,11H2,1H3,(H,25,26)(H2,22,23,24). The molecular formula is C19H20Cl2N4O. The second-order valence-electron chi connectivity index (χ2n) is 6.11. The maximum absolute atomic E-state index is 12.6. The van der Waals surface area contributed by atoms with Crippen LogP contribution in [0.1, 0.15) is 34.5 Å². The van der Waals surface area contributed by atoms with E-state index in [9.17, 15) is 4.79 Å². The lowest BCUT2D eigenvalue weighted by molar-refractivity contribution is 0.0940.